The Hall–Kier alpha value is -2.07. The molecule has 0 fully saturated rings. The summed E-state index contributed by atoms with van der Waals surface area (Å²) in [5, 5.41) is 13.2. The van der Waals surface area contributed by atoms with Crippen molar-refractivity contribution in [1.29, 1.82) is 0 Å². The summed E-state index contributed by atoms with van der Waals surface area (Å²) in [6, 6.07) is 12.3. The molecule has 110 valence electrons. The third-order valence-corrected chi connectivity index (χ3v) is 3.65. The van der Waals surface area contributed by atoms with Crippen LogP contribution in [-0.4, -0.2) is 11.1 Å². The first-order valence-electron chi connectivity index (χ1n) is 6.51. The number of rotatable bonds is 5. The SMILES string of the molecule is CCC(Nc1ccc(F)cc1)(C(=O)O)c1cccc(Cl)c1. The van der Waals surface area contributed by atoms with Crippen LogP contribution in [-0.2, 0) is 10.3 Å². The minimum Gasteiger partial charge on any atom is -0.479 e. The second-order valence-electron chi connectivity index (χ2n) is 4.71. The molecule has 0 saturated carbocycles. The summed E-state index contributed by atoms with van der Waals surface area (Å²) in [4.78, 5) is 11.9. The van der Waals surface area contributed by atoms with Crippen molar-refractivity contribution in [2.45, 2.75) is 18.9 Å². The van der Waals surface area contributed by atoms with Crippen LogP contribution >= 0.6 is 11.6 Å². The fourth-order valence-electron chi connectivity index (χ4n) is 2.23. The molecule has 0 aromatic heterocycles. The summed E-state index contributed by atoms with van der Waals surface area (Å²) >= 11 is 5.97. The van der Waals surface area contributed by atoms with Gasteiger partial charge < -0.3 is 10.4 Å². The van der Waals surface area contributed by atoms with Crippen molar-refractivity contribution in [2.75, 3.05) is 5.32 Å². The maximum Gasteiger partial charge on any atom is 0.334 e. The van der Waals surface area contributed by atoms with Crippen LogP contribution in [0.1, 0.15) is 18.9 Å². The first-order chi connectivity index (χ1) is 9.98. The molecule has 0 aliphatic heterocycles. The summed E-state index contributed by atoms with van der Waals surface area (Å²) < 4.78 is 13.0. The van der Waals surface area contributed by atoms with Crippen molar-refractivity contribution in [3.8, 4) is 0 Å². The Labute approximate surface area is 127 Å². The van der Waals surface area contributed by atoms with Gasteiger partial charge in [0.05, 0.1) is 0 Å². The highest BCUT2D eigenvalue weighted by Crippen LogP contribution is 2.31. The van der Waals surface area contributed by atoms with Crippen molar-refractivity contribution < 1.29 is 14.3 Å². The van der Waals surface area contributed by atoms with E-state index in [1.807, 2.05) is 0 Å². The zero-order valence-corrected chi connectivity index (χ0v) is 12.2. The largest absolute Gasteiger partial charge is 0.479 e. The molecular weight excluding hydrogens is 293 g/mol. The second-order valence-corrected chi connectivity index (χ2v) is 5.14. The molecule has 0 aliphatic rings. The van der Waals surface area contributed by atoms with Crippen LogP contribution in [0, 0.1) is 5.82 Å². The average molecular weight is 308 g/mol. The normalized spacial score (nSPS) is 13.5. The van der Waals surface area contributed by atoms with Crippen LogP contribution in [0.25, 0.3) is 0 Å². The van der Waals surface area contributed by atoms with E-state index >= 15 is 0 Å². The Bertz CT molecular complexity index is 645. The molecule has 0 bridgehead atoms. The fourth-order valence-corrected chi connectivity index (χ4v) is 2.42. The highest BCUT2D eigenvalue weighted by Gasteiger charge is 2.38. The number of hydrogen-bond acceptors (Lipinski definition) is 2. The van der Waals surface area contributed by atoms with Crippen LogP contribution in [0.15, 0.2) is 48.5 Å². The van der Waals surface area contributed by atoms with Gasteiger partial charge in [0.25, 0.3) is 0 Å². The number of carbonyl (C=O) groups is 1. The lowest BCUT2D eigenvalue weighted by Gasteiger charge is -2.31. The first kappa shape index (κ1) is 15.3. The highest BCUT2D eigenvalue weighted by molar-refractivity contribution is 6.30. The zero-order valence-electron chi connectivity index (χ0n) is 11.4. The molecule has 21 heavy (non-hydrogen) atoms. The Morgan fingerprint density at radius 2 is 1.95 bits per heavy atom. The molecule has 2 aromatic rings. The van der Waals surface area contributed by atoms with Crippen LogP contribution < -0.4 is 5.32 Å². The van der Waals surface area contributed by atoms with Gasteiger partial charge in [-0.25, -0.2) is 9.18 Å². The number of halogens is 2. The van der Waals surface area contributed by atoms with Crippen LogP contribution in [0.5, 0.6) is 0 Å². The van der Waals surface area contributed by atoms with E-state index in [1.165, 1.54) is 24.3 Å². The number of carboxylic acid groups (broad SMARTS) is 1. The second kappa shape index (κ2) is 6.14. The lowest BCUT2D eigenvalue weighted by molar-refractivity contribution is -0.142. The molecule has 0 amide bonds. The van der Waals surface area contributed by atoms with E-state index in [0.717, 1.165) is 0 Å². The quantitative estimate of drug-likeness (QED) is 0.866. The summed E-state index contributed by atoms with van der Waals surface area (Å²) in [6.45, 7) is 1.77. The van der Waals surface area contributed by atoms with E-state index in [1.54, 1.807) is 31.2 Å². The monoisotopic (exact) mass is 307 g/mol. The Kier molecular flexibility index (Phi) is 4.48. The van der Waals surface area contributed by atoms with Gasteiger partial charge in [-0.2, -0.15) is 0 Å². The molecule has 5 heteroatoms. The van der Waals surface area contributed by atoms with E-state index in [2.05, 4.69) is 5.32 Å². The molecule has 1 atom stereocenters. The molecule has 0 aliphatic carbocycles. The molecule has 0 heterocycles. The number of hydrogen-bond donors (Lipinski definition) is 2. The van der Waals surface area contributed by atoms with Gasteiger partial charge in [-0.05, 0) is 48.4 Å². The van der Waals surface area contributed by atoms with Crippen molar-refractivity contribution in [2.24, 2.45) is 0 Å². The summed E-state index contributed by atoms with van der Waals surface area (Å²) in [5.41, 5.74) is -0.238. The van der Waals surface area contributed by atoms with E-state index < -0.39 is 11.5 Å². The van der Waals surface area contributed by atoms with Gasteiger partial charge in [0, 0.05) is 10.7 Å². The number of carboxylic acids is 1. The van der Waals surface area contributed by atoms with Crippen molar-refractivity contribution >= 4 is 23.3 Å². The third kappa shape index (κ3) is 3.16. The van der Waals surface area contributed by atoms with Crippen LogP contribution in [0.2, 0.25) is 5.02 Å². The van der Waals surface area contributed by atoms with Gasteiger partial charge >= 0.3 is 5.97 Å². The first-order valence-corrected chi connectivity index (χ1v) is 6.89. The Morgan fingerprint density at radius 1 is 1.29 bits per heavy atom. The average Bonchev–Trinajstić information content (AvgIpc) is 2.46. The number of benzene rings is 2. The van der Waals surface area contributed by atoms with Gasteiger partial charge in [-0.3, -0.25) is 0 Å². The maximum atomic E-state index is 13.0. The molecule has 0 saturated heterocycles. The molecule has 2 N–H and O–H groups in total. The molecule has 2 rings (SSSR count). The standard InChI is InChI=1S/C16H15ClFNO2/c1-2-16(15(20)21,11-4-3-5-12(17)10-11)19-14-8-6-13(18)7-9-14/h3-10,19H,2H2,1H3,(H,20,21). The van der Waals surface area contributed by atoms with Gasteiger partial charge in [-0.1, -0.05) is 30.7 Å². The van der Waals surface area contributed by atoms with E-state index in [-0.39, 0.29) is 5.82 Å². The van der Waals surface area contributed by atoms with Gasteiger partial charge in [0.15, 0.2) is 5.54 Å². The topological polar surface area (TPSA) is 49.3 Å². The number of aliphatic carboxylic acids is 1. The van der Waals surface area contributed by atoms with E-state index in [4.69, 9.17) is 11.6 Å². The summed E-state index contributed by atoms with van der Waals surface area (Å²) in [6.07, 6.45) is 0.306. The number of nitrogens with one attached hydrogen (secondary N) is 1. The van der Waals surface area contributed by atoms with E-state index in [0.29, 0.717) is 22.7 Å². The predicted octanol–water partition coefficient (Wildman–Crippen LogP) is 4.28. The maximum absolute atomic E-state index is 13.0. The minimum atomic E-state index is -1.32. The molecule has 3 nitrogen and oxygen atoms in total. The smallest absolute Gasteiger partial charge is 0.334 e. The molecule has 0 spiro atoms. The van der Waals surface area contributed by atoms with Crippen molar-refractivity contribution in [3.05, 3.63) is 64.9 Å². The van der Waals surface area contributed by atoms with Crippen molar-refractivity contribution in [3.63, 3.8) is 0 Å². The zero-order chi connectivity index (χ0) is 15.5. The predicted molar refractivity (Wildman–Crippen MR) is 81.1 cm³/mol. The van der Waals surface area contributed by atoms with Crippen LogP contribution in [0.3, 0.4) is 0 Å². The minimum absolute atomic E-state index is 0.306. The van der Waals surface area contributed by atoms with Gasteiger partial charge in [0.2, 0.25) is 0 Å². The molecule has 0 radical (unpaired) electrons. The van der Waals surface area contributed by atoms with Crippen molar-refractivity contribution in [1.82, 2.24) is 0 Å². The Balaban J connectivity index is 2.46. The van der Waals surface area contributed by atoms with Gasteiger partial charge in [-0.15, -0.1) is 0 Å². The van der Waals surface area contributed by atoms with Crippen LogP contribution in [0.4, 0.5) is 10.1 Å². The number of anilines is 1. The lowest BCUT2D eigenvalue weighted by Crippen LogP contribution is -2.43. The molecule has 2 aromatic carbocycles. The van der Waals surface area contributed by atoms with E-state index in [9.17, 15) is 14.3 Å². The summed E-state index contributed by atoms with van der Waals surface area (Å²) in [7, 11) is 0. The fraction of sp³-hybridized carbons (Fsp3) is 0.188. The third-order valence-electron chi connectivity index (χ3n) is 3.41. The Morgan fingerprint density at radius 3 is 2.48 bits per heavy atom. The summed E-state index contributed by atoms with van der Waals surface area (Å²) in [5.74, 6) is -1.39. The highest BCUT2D eigenvalue weighted by atomic mass is 35.5. The lowest BCUT2D eigenvalue weighted by atomic mass is 9.87. The molecule has 1 unspecified atom stereocenters. The van der Waals surface area contributed by atoms with Gasteiger partial charge in [0.1, 0.15) is 5.82 Å². The molecular formula is C16H15ClFNO2.